The number of fused-ring (bicyclic) bond motifs is 1. The van der Waals surface area contributed by atoms with Crippen LogP contribution >= 0.6 is 0 Å². The first-order valence-corrected chi connectivity index (χ1v) is 9.57. The average Bonchev–Trinajstić information content (AvgIpc) is 3.19. The molecule has 0 aliphatic heterocycles. The maximum atomic E-state index is 12.6. The van der Waals surface area contributed by atoms with Gasteiger partial charge in [-0.2, -0.15) is 0 Å². The second-order valence-corrected chi connectivity index (χ2v) is 7.65. The zero-order valence-electron chi connectivity index (χ0n) is 16.8. The SMILES string of the molecule is CC(CC(=O)NCc1nnc2c(n1)c(=O)n(C)c(=O)n2C1CCCC1)N(C)C. The molecule has 0 radical (unpaired) electrons. The van der Waals surface area contributed by atoms with Crippen LogP contribution in [0.3, 0.4) is 0 Å². The monoisotopic (exact) mass is 389 g/mol. The molecule has 1 aliphatic carbocycles. The first-order valence-electron chi connectivity index (χ1n) is 9.57. The Kier molecular flexibility index (Phi) is 5.87. The number of carbonyl (C=O) groups is 1. The Balaban J connectivity index is 1.88. The number of amides is 1. The van der Waals surface area contributed by atoms with Crippen LogP contribution in [0.25, 0.3) is 11.2 Å². The number of hydrogen-bond acceptors (Lipinski definition) is 7. The van der Waals surface area contributed by atoms with Crippen molar-refractivity contribution in [3.63, 3.8) is 0 Å². The predicted octanol–water partition coefficient (Wildman–Crippen LogP) is -0.0433. The minimum absolute atomic E-state index is 0.0102. The van der Waals surface area contributed by atoms with E-state index in [0.29, 0.717) is 6.42 Å². The molecule has 3 rings (SSSR count). The van der Waals surface area contributed by atoms with Crippen molar-refractivity contribution in [2.45, 2.75) is 57.7 Å². The molecule has 28 heavy (non-hydrogen) atoms. The van der Waals surface area contributed by atoms with Crippen LogP contribution in [0.4, 0.5) is 0 Å². The molecule has 1 fully saturated rings. The molecule has 0 spiro atoms. The van der Waals surface area contributed by atoms with Gasteiger partial charge >= 0.3 is 5.69 Å². The van der Waals surface area contributed by atoms with Crippen LogP contribution in [0.2, 0.25) is 0 Å². The molecule has 0 bridgehead atoms. The topological polar surface area (TPSA) is 115 Å². The first kappa shape index (κ1) is 20.1. The highest BCUT2D eigenvalue weighted by atomic mass is 16.2. The Morgan fingerprint density at radius 3 is 2.57 bits per heavy atom. The van der Waals surface area contributed by atoms with Gasteiger partial charge in [0.25, 0.3) is 5.56 Å². The van der Waals surface area contributed by atoms with E-state index in [1.807, 2.05) is 25.9 Å². The quantitative estimate of drug-likeness (QED) is 0.737. The summed E-state index contributed by atoms with van der Waals surface area (Å²) in [5, 5.41) is 10.9. The van der Waals surface area contributed by atoms with Gasteiger partial charge in [-0.15, -0.1) is 10.2 Å². The number of nitrogens with one attached hydrogen (secondary N) is 1. The molecule has 2 aromatic rings. The fourth-order valence-electron chi connectivity index (χ4n) is 3.42. The molecule has 152 valence electrons. The fraction of sp³-hybridized carbons (Fsp3) is 0.667. The molecule has 1 amide bonds. The first-order chi connectivity index (χ1) is 13.3. The van der Waals surface area contributed by atoms with Crippen molar-refractivity contribution in [2.75, 3.05) is 14.1 Å². The summed E-state index contributed by atoms with van der Waals surface area (Å²) < 4.78 is 2.61. The largest absolute Gasteiger partial charge is 0.349 e. The van der Waals surface area contributed by atoms with Crippen molar-refractivity contribution in [2.24, 2.45) is 7.05 Å². The Hall–Kier alpha value is -2.62. The summed E-state index contributed by atoms with van der Waals surface area (Å²) >= 11 is 0. The molecule has 2 heterocycles. The molecule has 1 unspecified atom stereocenters. The Labute approximate surface area is 162 Å². The standard InChI is InChI=1S/C18H27N7O3/c1-11(23(2)3)9-14(26)19-10-13-20-15-16(22-21-13)25(12-7-5-6-8-12)18(28)24(4)17(15)27/h11-12H,5-10H2,1-4H3,(H,19,26). The highest BCUT2D eigenvalue weighted by molar-refractivity contribution is 5.76. The normalized spacial score (nSPS) is 16.0. The van der Waals surface area contributed by atoms with Crippen molar-refractivity contribution in [1.29, 1.82) is 0 Å². The summed E-state index contributed by atoms with van der Waals surface area (Å²) in [7, 11) is 5.27. The molecule has 1 atom stereocenters. The molecule has 10 nitrogen and oxygen atoms in total. The summed E-state index contributed by atoms with van der Waals surface area (Å²) in [5.41, 5.74) is -0.566. The molecule has 1 saturated carbocycles. The van der Waals surface area contributed by atoms with Gasteiger partial charge in [-0.1, -0.05) is 12.8 Å². The van der Waals surface area contributed by atoms with Gasteiger partial charge in [-0.05, 0) is 33.9 Å². The van der Waals surface area contributed by atoms with Gasteiger partial charge in [0.2, 0.25) is 5.91 Å². The molecule has 0 aromatic carbocycles. The molecule has 1 N–H and O–H groups in total. The summed E-state index contributed by atoms with van der Waals surface area (Å²) in [6.45, 7) is 2.04. The number of rotatable bonds is 6. The van der Waals surface area contributed by atoms with E-state index < -0.39 is 5.56 Å². The maximum absolute atomic E-state index is 12.6. The van der Waals surface area contributed by atoms with E-state index in [-0.39, 0.29) is 47.2 Å². The van der Waals surface area contributed by atoms with E-state index in [2.05, 4.69) is 20.5 Å². The number of aromatic nitrogens is 5. The van der Waals surface area contributed by atoms with Crippen LogP contribution in [0.1, 0.15) is 50.9 Å². The fourth-order valence-corrected chi connectivity index (χ4v) is 3.42. The number of nitrogens with zero attached hydrogens (tertiary/aromatic N) is 6. The summed E-state index contributed by atoms with van der Waals surface area (Å²) in [6.07, 6.45) is 4.17. The number of hydrogen-bond donors (Lipinski definition) is 1. The van der Waals surface area contributed by atoms with Gasteiger partial charge in [0, 0.05) is 25.6 Å². The van der Waals surface area contributed by atoms with Crippen LogP contribution in [-0.2, 0) is 18.4 Å². The third-order valence-electron chi connectivity index (χ3n) is 5.44. The van der Waals surface area contributed by atoms with Gasteiger partial charge < -0.3 is 10.2 Å². The molecule has 1 aliphatic rings. The van der Waals surface area contributed by atoms with Crippen LogP contribution in [-0.4, -0.2) is 55.3 Å². The second-order valence-electron chi connectivity index (χ2n) is 7.65. The highest BCUT2D eigenvalue weighted by Crippen LogP contribution is 2.29. The third-order valence-corrected chi connectivity index (χ3v) is 5.44. The molecule has 2 aromatic heterocycles. The smallest absolute Gasteiger partial charge is 0.332 e. The molecular weight excluding hydrogens is 362 g/mol. The summed E-state index contributed by atoms with van der Waals surface area (Å²) in [4.78, 5) is 43.5. The van der Waals surface area contributed by atoms with Crippen molar-refractivity contribution in [1.82, 2.24) is 34.5 Å². The number of carbonyl (C=O) groups excluding carboxylic acids is 1. The van der Waals surface area contributed by atoms with Gasteiger partial charge in [0.05, 0.1) is 6.54 Å². The van der Waals surface area contributed by atoms with E-state index in [1.54, 1.807) is 4.57 Å². The summed E-state index contributed by atoms with van der Waals surface area (Å²) in [5.74, 6) is 0.112. The van der Waals surface area contributed by atoms with Crippen molar-refractivity contribution in [3.05, 3.63) is 26.7 Å². The highest BCUT2D eigenvalue weighted by Gasteiger charge is 2.24. The molecule has 10 heteroatoms. The predicted molar refractivity (Wildman–Crippen MR) is 104 cm³/mol. The van der Waals surface area contributed by atoms with E-state index in [4.69, 9.17) is 0 Å². The summed E-state index contributed by atoms with van der Waals surface area (Å²) in [6, 6.07) is 0.111. The van der Waals surface area contributed by atoms with Crippen molar-refractivity contribution in [3.8, 4) is 0 Å². The minimum atomic E-state index is -0.502. The van der Waals surface area contributed by atoms with E-state index >= 15 is 0 Å². The Morgan fingerprint density at radius 2 is 1.93 bits per heavy atom. The zero-order valence-corrected chi connectivity index (χ0v) is 16.8. The van der Waals surface area contributed by atoms with Crippen LogP contribution in [0.5, 0.6) is 0 Å². The maximum Gasteiger partial charge on any atom is 0.332 e. The van der Waals surface area contributed by atoms with Gasteiger partial charge in [-0.3, -0.25) is 18.7 Å². The lowest BCUT2D eigenvalue weighted by Gasteiger charge is -2.19. The lowest BCUT2D eigenvalue weighted by atomic mass is 10.2. The van der Waals surface area contributed by atoms with E-state index in [1.165, 1.54) is 7.05 Å². The molecular formula is C18H27N7O3. The Morgan fingerprint density at radius 1 is 1.25 bits per heavy atom. The lowest BCUT2D eigenvalue weighted by molar-refractivity contribution is -0.122. The zero-order chi connectivity index (χ0) is 20.4. The van der Waals surface area contributed by atoms with Crippen molar-refractivity contribution >= 4 is 17.1 Å². The third kappa shape index (κ3) is 3.96. The minimum Gasteiger partial charge on any atom is -0.349 e. The van der Waals surface area contributed by atoms with Crippen LogP contribution in [0.15, 0.2) is 9.59 Å². The van der Waals surface area contributed by atoms with Crippen molar-refractivity contribution < 1.29 is 4.79 Å². The second kappa shape index (κ2) is 8.17. The van der Waals surface area contributed by atoms with Gasteiger partial charge in [0.1, 0.15) is 0 Å². The van der Waals surface area contributed by atoms with E-state index in [9.17, 15) is 14.4 Å². The van der Waals surface area contributed by atoms with Gasteiger partial charge in [-0.25, -0.2) is 9.78 Å². The molecule has 0 saturated heterocycles. The van der Waals surface area contributed by atoms with Gasteiger partial charge in [0.15, 0.2) is 17.0 Å². The van der Waals surface area contributed by atoms with E-state index in [0.717, 1.165) is 30.3 Å². The average molecular weight is 389 g/mol. The van der Waals surface area contributed by atoms with Crippen LogP contribution in [0, 0.1) is 0 Å². The lowest BCUT2D eigenvalue weighted by Crippen LogP contribution is -2.40. The van der Waals surface area contributed by atoms with Crippen LogP contribution < -0.4 is 16.6 Å². The Bertz CT molecular complexity index is 989.